The molecule has 0 radical (unpaired) electrons. The summed E-state index contributed by atoms with van der Waals surface area (Å²) in [5, 5.41) is 0.210. The van der Waals surface area contributed by atoms with Crippen molar-refractivity contribution in [2.24, 2.45) is 0 Å². The molecule has 3 nitrogen and oxygen atoms in total. The summed E-state index contributed by atoms with van der Waals surface area (Å²) in [5.74, 6) is 0.783. The molecule has 0 amide bonds. The van der Waals surface area contributed by atoms with Crippen LogP contribution in [0.3, 0.4) is 0 Å². The number of rotatable bonds is 6. The van der Waals surface area contributed by atoms with Crippen molar-refractivity contribution in [3.63, 3.8) is 0 Å². The lowest BCUT2D eigenvalue weighted by Gasteiger charge is -2.36. The fraction of sp³-hybridized carbons (Fsp3) is 0.421. The molecular formula is C19H27NO2Si. The Kier molecular flexibility index (Phi) is 5.60. The molecule has 0 aliphatic rings. The van der Waals surface area contributed by atoms with Crippen molar-refractivity contribution >= 4 is 8.32 Å². The summed E-state index contributed by atoms with van der Waals surface area (Å²) in [5.41, 5.74) is 2.20. The van der Waals surface area contributed by atoms with Crippen molar-refractivity contribution in [1.29, 1.82) is 0 Å². The lowest BCUT2D eigenvalue weighted by molar-refractivity contribution is 0.272. The zero-order valence-corrected chi connectivity index (χ0v) is 15.8. The fourth-order valence-corrected chi connectivity index (χ4v) is 2.80. The van der Waals surface area contributed by atoms with Crippen molar-refractivity contribution in [2.75, 3.05) is 0 Å². The highest BCUT2D eigenvalue weighted by atomic mass is 28.4. The first-order valence-corrected chi connectivity index (χ1v) is 10.9. The molecule has 4 heteroatoms. The van der Waals surface area contributed by atoms with Gasteiger partial charge in [0.05, 0.1) is 12.8 Å². The third-order valence-corrected chi connectivity index (χ3v) is 8.90. The molecule has 0 saturated carbocycles. The molecule has 1 aromatic heterocycles. The molecule has 0 spiro atoms. The van der Waals surface area contributed by atoms with Gasteiger partial charge in [0, 0.05) is 6.20 Å². The first kappa shape index (κ1) is 17.7. The third-order valence-electron chi connectivity index (χ3n) is 4.42. The molecule has 23 heavy (non-hydrogen) atoms. The van der Waals surface area contributed by atoms with Crippen LogP contribution in [0, 0.1) is 0 Å². The summed E-state index contributed by atoms with van der Waals surface area (Å²) < 4.78 is 12.1. The van der Waals surface area contributed by atoms with E-state index in [4.69, 9.17) is 9.16 Å². The van der Waals surface area contributed by atoms with Crippen LogP contribution in [0.15, 0.2) is 48.8 Å². The summed E-state index contributed by atoms with van der Waals surface area (Å²) in [6.07, 6.45) is 3.60. The van der Waals surface area contributed by atoms with Gasteiger partial charge in [-0.05, 0) is 35.3 Å². The largest absolute Gasteiger partial charge is 0.487 e. The molecule has 0 unspecified atom stereocenters. The second-order valence-electron chi connectivity index (χ2n) is 7.35. The molecule has 0 aliphatic carbocycles. The summed E-state index contributed by atoms with van der Waals surface area (Å²) >= 11 is 0. The molecule has 1 heterocycles. The third kappa shape index (κ3) is 5.18. The minimum Gasteiger partial charge on any atom is -0.487 e. The van der Waals surface area contributed by atoms with Crippen molar-refractivity contribution in [1.82, 2.24) is 4.98 Å². The van der Waals surface area contributed by atoms with Crippen LogP contribution in [0.25, 0.3) is 0 Å². The highest BCUT2D eigenvalue weighted by Crippen LogP contribution is 2.37. The Morgan fingerprint density at radius 2 is 1.65 bits per heavy atom. The van der Waals surface area contributed by atoms with Crippen molar-refractivity contribution in [3.8, 4) is 5.75 Å². The Bertz CT molecular complexity index is 621. The van der Waals surface area contributed by atoms with E-state index in [0.717, 1.165) is 16.9 Å². The molecule has 1 aromatic carbocycles. The van der Waals surface area contributed by atoms with Gasteiger partial charge >= 0.3 is 0 Å². The first-order valence-electron chi connectivity index (χ1n) is 8.02. The monoisotopic (exact) mass is 329 g/mol. The van der Waals surface area contributed by atoms with Crippen LogP contribution >= 0.6 is 0 Å². The van der Waals surface area contributed by atoms with Crippen LogP contribution in [0.1, 0.15) is 31.9 Å². The predicted molar refractivity (Wildman–Crippen MR) is 97.0 cm³/mol. The van der Waals surface area contributed by atoms with E-state index in [9.17, 15) is 0 Å². The smallest absolute Gasteiger partial charge is 0.192 e. The molecule has 124 valence electrons. The fourth-order valence-electron chi connectivity index (χ4n) is 1.84. The number of nitrogens with zero attached hydrogens (tertiary/aromatic N) is 1. The minimum atomic E-state index is -1.74. The highest BCUT2D eigenvalue weighted by Gasteiger charge is 2.37. The van der Waals surface area contributed by atoms with Gasteiger partial charge in [0.2, 0.25) is 0 Å². The normalized spacial score (nSPS) is 12.2. The SMILES string of the molecule is CC(C)(C)[Si](C)(C)OCc1cncc(OCc2ccccc2)c1. The number of ether oxygens (including phenoxy) is 1. The van der Waals surface area contributed by atoms with E-state index in [1.54, 1.807) is 6.20 Å². The highest BCUT2D eigenvalue weighted by molar-refractivity contribution is 6.74. The predicted octanol–water partition coefficient (Wildman–Crippen LogP) is 5.18. The van der Waals surface area contributed by atoms with E-state index in [-0.39, 0.29) is 5.04 Å². The maximum absolute atomic E-state index is 6.24. The maximum Gasteiger partial charge on any atom is 0.192 e. The average Bonchev–Trinajstić information content (AvgIpc) is 2.51. The van der Waals surface area contributed by atoms with Gasteiger partial charge in [0.1, 0.15) is 12.4 Å². The molecule has 0 saturated heterocycles. The van der Waals surface area contributed by atoms with Gasteiger partial charge in [-0.3, -0.25) is 4.98 Å². The van der Waals surface area contributed by atoms with Crippen LogP contribution in [0.5, 0.6) is 5.75 Å². The van der Waals surface area contributed by atoms with Crippen molar-refractivity contribution in [2.45, 2.75) is 52.1 Å². The van der Waals surface area contributed by atoms with Gasteiger partial charge in [-0.2, -0.15) is 0 Å². The zero-order valence-electron chi connectivity index (χ0n) is 14.8. The molecule has 2 aromatic rings. The van der Waals surface area contributed by atoms with E-state index in [0.29, 0.717) is 13.2 Å². The van der Waals surface area contributed by atoms with E-state index in [2.05, 4.69) is 51.0 Å². The second kappa shape index (κ2) is 7.28. The number of hydrogen-bond acceptors (Lipinski definition) is 3. The van der Waals surface area contributed by atoms with Gasteiger partial charge in [-0.25, -0.2) is 0 Å². The van der Waals surface area contributed by atoms with E-state index < -0.39 is 8.32 Å². The number of hydrogen-bond donors (Lipinski definition) is 0. The molecule has 0 bridgehead atoms. The molecule has 0 N–H and O–H groups in total. The summed E-state index contributed by atoms with van der Waals surface area (Å²) in [7, 11) is -1.74. The maximum atomic E-state index is 6.24. The van der Waals surface area contributed by atoms with Gasteiger partial charge < -0.3 is 9.16 Å². The van der Waals surface area contributed by atoms with Gasteiger partial charge in [-0.15, -0.1) is 0 Å². The van der Waals surface area contributed by atoms with Crippen LogP contribution in [0.2, 0.25) is 18.1 Å². The van der Waals surface area contributed by atoms with Gasteiger partial charge in [0.15, 0.2) is 8.32 Å². The van der Waals surface area contributed by atoms with E-state index in [1.165, 1.54) is 0 Å². The van der Waals surface area contributed by atoms with Gasteiger partial charge in [0.25, 0.3) is 0 Å². The number of pyridine rings is 1. The molecular weight excluding hydrogens is 302 g/mol. The Balaban J connectivity index is 1.95. The Labute approximate surface area is 140 Å². The van der Waals surface area contributed by atoms with Crippen LogP contribution < -0.4 is 4.74 Å². The quantitative estimate of drug-likeness (QED) is 0.684. The standard InChI is InChI=1S/C19H27NO2Si/c1-19(2,3)23(4,5)22-15-17-11-18(13-20-12-17)21-14-16-9-7-6-8-10-16/h6-13H,14-15H2,1-5H3. The molecule has 2 rings (SSSR count). The topological polar surface area (TPSA) is 31.4 Å². The van der Waals surface area contributed by atoms with Gasteiger partial charge in [-0.1, -0.05) is 51.1 Å². The number of aromatic nitrogens is 1. The van der Waals surface area contributed by atoms with Crippen molar-refractivity contribution < 1.29 is 9.16 Å². The Hall–Kier alpha value is -1.65. The summed E-state index contributed by atoms with van der Waals surface area (Å²) in [6, 6.07) is 12.2. The Morgan fingerprint density at radius 3 is 2.30 bits per heavy atom. The summed E-state index contributed by atoms with van der Waals surface area (Å²) in [4.78, 5) is 4.27. The Morgan fingerprint density at radius 1 is 0.957 bits per heavy atom. The second-order valence-corrected chi connectivity index (χ2v) is 12.2. The van der Waals surface area contributed by atoms with Crippen LogP contribution in [-0.4, -0.2) is 13.3 Å². The molecule has 0 aliphatic heterocycles. The van der Waals surface area contributed by atoms with E-state index >= 15 is 0 Å². The minimum absolute atomic E-state index is 0.210. The lowest BCUT2D eigenvalue weighted by atomic mass is 10.2. The summed E-state index contributed by atoms with van der Waals surface area (Å²) in [6.45, 7) is 12.4. The molecule has 0 atom stereocenters. The van der Waals surface area contributed by atoms with E-state index in [1.807, 2.05) is 30.5 Å². The first-order chi connectivity index (χ1) is 10.8. The lowest BCUT2D eigenvalue weighted by Crippen LogP contribution is -2.40. The molecule has 0 fully saturated rings. The van der Waals surface area contributed by atoms with Crippen LogP contribution in [-0.2, 0) is 17.6 Å². The van der Waals surface area contributed by atoms with Crippen LogP contribution in [0.4, 0.5) is 0 Å². The number of benzene rings is 1. The van der Waals surface area contributed by atoms with Crippen molar-refractivity contribution in [3.05, 3.63) is 59.9 Å². The zero-order chi connectivity index (χ0) is 16.9. The average molecular weight is 330 g/mol.